The Labute approximate surface area is 144 Å². The lowest BCUT2D eigenvalue weighted by molar-refractivity contribution is 0.0547. The molecule has 0 spiro atoms. The van der Waals surface area contributed by atoms with Crippen LogP contribution in [0.4, 0.5) is 0 Å². The molecule has 3 nitrogen and oxygen atoms in total. The van der Waals surface area contributed by atoms with Gasteiger partial charge in [0, 0.05) is 6.54 Å². The molecule has 0 radical (unpaired) electrons. The second-order valence-corrected chi connectivity index (χ2v) is 6.00. The van der Waals surface area contributed by atoms with Gasteiger partial charge in [0.1, 0.15) is 11.4 Å². The summed E-state index contributed by atoms with van der Waals surface area (Å²) < 4.78 is 6.40. The van der Waals surface area contributed by atoms with E-state index in [9.17, 15) is 4.79 Å². The Bertz CT molecular complexity index is 709. The average molecular weight is 325 g/mol. The SMILES string of the molecule is C=CCNC(=O)c1c(OC(CC)(CC)CC)ccc2ccccc12. The first-order chi connectivity index (χ1) is 11.6. The summed E-state index contributed by atoms with van der Waals surface area (Å²) in [6, 6.07) is 11.8. The molecule has 24 heavy (non-hydrogen) atoms. The number of hydrogen-bond acceptors (Lipinski definition) is 2. The fraction of sp³-hybridized carbons (Fsp3) is 0.381. The van der Waals surface area contributed by atoms with Crippen molar-refractivity contribution in [2.24, 2.45) is 0 Å². The van der Waals surface area contributed by atoms with E-state index in [1.807, 2.05) is 36.4 Å². The number of fused-ring (bicyclic) bond motifs is 1. The summed E-state index contributed by atoms with van der Waals surface area (Å²) in [5.41, 5.74) is 0.366. The van der Waals surface area contributed by atoms with Crippen molar-refractivity contribution in [1.82, 2.24) is 5.32 Å². The zero-order valence-corrected chi connectivity index (χ0v) is 14.9. The summed E-state index contributed by atoms with van der Waals surface area (Å²) in [5, 5.41) is 4.83. The van der Waals surface area contributed by atoms with E-state index in [1.54, 1.807) is 6.08 Å². The zero-order valence-electron chi connectivity index (χ0n) is 14.9. The lowest BCUT2D eigenvalue weighted by Crippen LogP contribution is -2.35. The van der Waals surface area contributed by atoms with Crippen molar-refractivity contribution in [1.29, 1.82) is 0 Å². The van der Waals surface area contributed by atoms with Crippen LogP contribution in [-0.4, -0.2) is 18.1 Å². The van der Waals surface area contributed by atoms with Crippen molar-refractivity contribution in [3.63, 3.8) is 0 Å². The van der Waals surface area contributed by atoms with Gasteiger partial charge in [-0.05, 0) is 36.1 Å². The summed E-state index contributed by atoms with van der Waals surface area (Å²) in [4.78, 5) is 12.8. The van der Waals surface area contributed by atoms with E-state index in [0.717, 1.165) is 30.0 Å². The van der Waals surface area contributed by atoms with E-state index in [1.165, 1.54) is 0 Å². The van der Waals surface area contributed by atoms with E-state index in [0.29, 0.717) is 17.9 Å². The van der Waals surface area contributed by atoms with Crippen molar-refractivity contribution in [2.75, 3.05) is 6.54 Å². The highest BCUT2D eigenvalue weighted by molar-refractivity contribution is 6.09. The fourth-order valence-corrected chi connectivity index (χ4v) is 3.02. The third-order valence-electron chi connectivity index (χ3n) is 4.78. The summed E-state index contributed by atoms with van der Waals surface area (Å²) in [6.07, 6.45) is 4.39. The molecule has 0 unspecified atom stereocenters. The summed E-state index contributed by atoms with van der Waals surface area (Å²) in [7, 11) is 0. The number of hydrogen-bond donors (Lipinski definition) is 1. The quantitative estimate of drug-likeness (QED) is 0.685. The van der Waals surface area contributed by atoms with E-state index in [-0.39, 0.29) is 11.5 Å². The van der Waals surface area contributed by atoms with Crippen LogP contribution < -0.4 is 10.1 Å². The number of amides is 1. The summed E-state index contributed by atoms with van der Waals surface area (Å²) >= 11 is 0. The van der Waals surface area contributed by atoms with Crippen molar-refractivity contribution >= 4 is 16.7 Å². The molecule has 3 heteroatoms. The van der Waals surface area contributed by atoms with Crippen LogP contribution in [0.2, 0.25) is 0 Å². The second kappa shape index (κ2) is 8.00. The Hall–Kier alpha value is -2.29. The Balaban J connectivity index is 2.56. The summed E-state index contributed by atoms with van der Waals surface area (Å²) in [5.74, 6) is 0.528. The van der Waals surface area contributed by atoms with Gasteiger partial charge in [-0.1, -0.05) is 57.2 Å². The first-order valence-electron chi connectivity index (χ1n) is 8.70. The highest BCUT2D eigenvalue weighted by Gasteiger charge is 2.28. The molecular formula is C21H27NO2. The highest BCUT2D eigenvalue weighted by Crippen LogP contribution is 2.34. The molecule has 128 valence electrons. The topological polar surface area (TPSA) is 38.3 Å². The van der Waals surface area contributed by atoms with Gasteiger partial charge in [0.05, 0.1) is 5.56 Å². The number of ether oxygens (including phenoxy) is 1. The van der Waals surface area contributed by atoms with Gasteiger partial charge in [-0.25, -0.2) is 0 Å². The number of rotatable bonds is 8. The summed E-state index contributed by atoms with van der Waals surface area (Å²) in [6.45, 7) is 10.5. The van der Waals surface area contributed by atoms with Gasteiger partial charge >= 0.3 is 0 Å². The maximum Gasteiger partial charge on any atom is 0.255 e. The zero-order chi connectivity index (χ0) is 17.6. The molecule has 1 amide bonds. The predicted molar refractivity (Wildman–Crippen MR) is 101 cm³/mol. The normalized spacial score (nSPS) is 11.3. The van der Waals surface area contributed by atoms with Gasteiger partial charge in [0.15, 0.2) is 0 Å². The third kappa shape index (κ3) is 3.61. The number of benzene rings is 2. The number of carbonyl (C=O) groups excluding carboxylic acids is 1. The molecule has 0 aliphatic rings. The average Bonchev–Trinajstić information content (AvgIpc) is 2.64. The molecular weight excluding hydrogens is 298 g/mol. The molecule has 2 aromatic carbocycles. The maximum absolute atomic E-state index is 12.8. The van der Waals surface area contributed by atoms with Crippen LogP contribution in [-0.2, 0) is 0 Å². The first kappa shape index (κ1) is 18.1. The van der Waals surface area contributed by atoms with E-state index in [2.05, 4.69) is 32.7 Å². The van der Waals surface area contributed by atoms with Crippen molar-refractivity contribution in [3.8, 4) is 5.75 Å². The largest absolute Gasteiger partial charge is 0.486 e. The van der Waals surface area contributed by atoms with Gasteiger partial charge in [-0.15, -0.1) is 6.58 Å². The fourth-order valence-electron chi connectivity index (χ4n) is 3.02. The van der Waals surface area contributed by atoms with E-state index in [4.69, 9.17) is 4.74 Å². The van der Waals surface area contributed by atoms with Crippen LogP contribution in [0, 0.1) is 0 Å². The standard InChI is InChI=1S/C21H27NO2/c1-5-15-22-20(23)19-17-12-10-9-11-16(17)13-14-18(19)24-21(6-2,7-3)8-4/h5,9-14H,1,6-8,15H2,2-4H3,(H,22,23). The third-order valence-corrected chi connectivity index (χ3v) is 4.78. The monoisotopic (exact) mass is 325 g/mol. The van der Waals surface area contributed by atoms with E-state index >= 15 is 0 Å². The van der Waals surface area contributed by atoms with Crippen LogP contribution in [0.15, 0.2) is 49.1 Å². The van der Waals surface area contributed by atoms with Crippen molar-refractivity contribution in [2.45, 2.75) is 45.6 Å². The molecule has 0 aliphatic heterocycles. The Morgan fingerprint density at radius 3 is 2.42 bits per heavy atom. The van der Waals surface area contributed by atoms with Crippen molar-refractivity contribution in [3.05, 3.63) is 54.6 Å². The molecule has 0 bridgehead atoms. The molecule has 2 rings (SSSR count). The molecule has 0 fully saturated rings. The molecule has 0 atom stereocenters. The number of carbonyl (C=O) groups is 1. The minimum Gasteiger partial charge on any atom is -0.486 e. The maximum atomic E-state index is 12.8. The van der Waals surface area contributed by atoms with E-state index < -0.39 is 0 Å². The first-order valence-corrected chi connectivity index (χ1v) is 8.70. The van der Waals surface area contributed by atoms with Crippen LogP contribution in [0.1, 0.15) is 50.4 Å². The molecule has 0 aromatic heterocycles. The van der Waals surface area contributed by atoms with Crippen LogP contribution in [0.5, 0.6) is 5.75 Å². The molecule has 0 aliphatic carbocycles. The molecule has 0 saturated heterocycles. The lowest BCUT2D eigenvalue weighted by atomic mass is 9.93. The lowest BCUT2D eigenvalue weighted by Gasteiger charge is -2.32. The van der Waals surface area contributed by atoms with Crippen LogP contribution in [0.3, 0.4) is 0 Å². The smallest absolute Gasteiger partial charge is 0.255 e. The van der Waals surface area contributed by atoms with Gasteiger partial charge in [0.2, 0.25) is 0 Å². The number of nitrogens with one attached hydrogen (secondary N) is 1. The van der Waals surface area contributed by atoms with Crippen molar-refractivity contribution < 1.29 is 9.53 Å². The Morgan fingerprint density at radius 2 is 1.79 bits per heavy atom. The molecule has 0 heterocycles. The Morgan fingerprint density at radius 1 is 1.12 bits per heavy atom. The van der Waals surface area contributed by atoms with Gasteiger partial charge in [0.25, 0.3) is 5.91 Å². The Kier molecular flexibility index (Phi) is 6.02. The van der Waals surface area contributed by atoms with Crippen LogP contribution >= 0.6 is 0 Å². The highest BCUT2D eigenvalue weighted by atomic mass is 16.5. The van der Waals surface area contributed by atoms with Gasteiger partial charge < -0.3 is 10.1 Å². The molecule has 1 N–H and O–H groups in total. The predicted octanol–water partition coefficient (Wildman–Crippen LogP) is 5.10. The molecule has 2 aromatic rings. The second-order valence-electron chi connectivity index (χ2n) is 6.00. The van der Waals surface area contributed by atoms with Gasteiger partial charge in [-0.3, -0.25) is 4.79 Å². The minimum atomic E-state index is -0.240. The van der Waals surface area contributed by atoms with Crippen LogP contribution in [0.25, 0.3) is 10.8 Å². The molecule has 0 saturated carbocycles. The van der Waals surface area contributed by atoms with Gasteiger partial charge in [-0.2, -0.15) is 0 Å². The minimum absolute atomic E-state index is 0.126.